The van der Waals surface area contributed by atoms with Crippen molar-refractivity contribution >= 4 is 21.6 Å². The average Bonchev–Trinajstić information content (AvgIpc) is 2.62. The molecule has 1 amide bonds. The van der Waals surface area contributed by atoms with E-state index in [-0.39, 0.29) is 10.8 Å². The van der Waals surface area contributed by atoms with Gasteiger partial charge in [-0.15, -0.1) is 0 Å². The summed E-state index contributed by atoms with van der Waals surface area (Å²) in [7, 11) is -3.60. The van der Waals surface area contributed by atoms with Gasteiger partial charge in [-0.1, -0.05) is 19.4 Å². The number of sulfonamides is 1. The number of carbonyl (C=O) groups excluding carboxylic acids is 1. The molecule has 6 nitrogen and oxygen atoms in total. The van der Waals surface area contributed by atoms with Crippen molar-refractivity contribution in [3.63, 3.8) is 0 Å². The first kappa shape index (κ1) is 18.6. The van der Waals surface area contributed by atoms with E-state index < -0.39 is 10.0 Å². The van der Waals surface area contributed by atoms with E-state index in [1.165, 1.54) is 12.1 Å². The van der Waals surface area contributed by atoms with Gasteiger partial charge in [0.25, 0.3) is 5.91 Å². The third kappa shape index (κ3) is 5.14. The zero-order chi connectivity index (χ0) is 18.3. The lowest BCUT2D eigenvalue weighted by molar-refractivity contribution is 0.102. The molecular formula is C18H19N3O3S. The Hall–Kier alpha value is -2.69. The van der Waals surface area contributed by atoms with Gasteiger partial charge in [0.05, 0.1) is 16.5 Å². The van der Waals surface area contributed by atoms with E-state index >= 15 is 0 Å². The molecule has 0 bridgehead atoms. The van der Waals surface area contributed by atoms with Crippen molar-refractivity contribution in [2.45, 2.75) is 24.7 Å². The van der Waals surface area contributed by atoms with Crippen molar-refractivity contribution in [3.8, 4) is 6.07 Å². The monoisotopic (exact) mass is 357 g/mol. The van der Waals surface area contributed by atoms with E-state index in [0.29, 0.717) is 23.4 Å². The summed E-state index contributed by atoms with van der Waals surface area (Å²) >= 11 is 0. The predicted octanol–water partition coefficient (Wildman–Crippen LogP) is 2.89. The molecule has 0 radical (unpaired) electrons. The maximum atomic E-state index is 12.2. The molecule has 25 heavy (non-hydrogen) atoms. The van der Waals surface area contributed by atoms with Gasteiger partial charge >= 0.3 is 0 Å². The Balaban J connectivity index is 2.12. The molecule has 0 saturated carbocycles. The van der Waals surface area contributed by atoms with Gasteiger partial charge in [0.2, 0.25) is 10.0 Å². The molecule has 0 saturated heterocycles. The molecule has 0 fully saturated rings. The number of benzene rings is 2. The van der Waals surface area contributed by atoms with Crippen LogP contribution < -0.4 is 10.0 Å². The molecule has 130 valence electrons. The maximum absolute atomic E-state index is 12.2. The first-order chi connectivity index (χ1) is 12.0. The third-order valence-electron chi connectivity index (χ3n) is 3.50. The highest BCUT2D eigenvalue weighted by Gasteiger charge is 2.14. The fourth-order valence-electron chi connectivity index (χ4n) is 2.11. The van der Waals surface area contributed by atoms with Crippen LogP contribution in [0.5, 0.6) is 0 Å². The Labute approximate surface area is 147 Å². The Bertz CT molecular complexity index is 885. The highest BCUT2D eigenvalue weighted by molar-refractivity contribution is 7.89. The minimum atomic E-state index is -3.60. The van der Waals surface area contributed by atoms with Crippen LogP contribution in [0.15, 0.2) is 53.4 Å². The van der Waals surface area contributed by atoms with Gasteiger partial charge in [0.15, 0.2) is 0 Å². The van der Waals surface area contributed by atoms with Crippen LogP contribution in [0.25, 0.3) is 0 Å². The van der Waals surface area contributed by atoms with E-state index in [0.717, 1.165) is 12.8 Å². The van der Waals surface area contributed by atoms with Crippen LogP contribution in [0.2, 0.25) is 0 Å². The molecule has 2 rings (SSSR count). The molecule has 0 spiro atoms. The first-order valence-electron chi connectivity index (χ1n) is 7.87. The van der Waals surface area contributed by atoms with Crippen LogP contribution in [-0.2, 0) is 10.0 Å². The normalized spacial score (nSPS) is 10.9. The van der Waals surface area contributed by atoms with Gasteiger partial charge < -0.3 is 5.32 Å². The quantitative estimate of drug-likeness (QED) is 0.744. The van der Waals surface area contributed by atoms with E-state index in [1.807, 2.05) is 13.0 Å². The molecular weight excluding hydrogens is 338 g/mol. The van der Waals surface area contributed by atoms with Crippen molar-refractivity contribution in [1.82, 2.24) is 4.72 Å². The summed E-state index contributed by atoms with van der Waals surface area (Å²) in [4.78, 5) is 12.3. The molecule has 0 aliphatic carbocycles. The molecule has 0 atom stereocenters. The van der Waals surface area contributed by atoms with E-state index in [2.05, 4.69) is 10.0 Å². The number of hydrogen-bond donors (Lipinski definition) is 2. The van der Waals surface area contributed by atoms with Crippen LogP contribution in [0.3, 0.4) is 0 Å². The zero-order valence-electron chi connectivity index (χ0n) is 13.8. The lowest BCUT2D eigenvalue weighted by Crippen LogP contribution is -2.24. The van der Waals surface area contributed by atoms with E-state index in [9.17, 15) is 13.2 Å². The second kappa shape index (κ2) is 8.42. The van der Waals surface area contributed by atoms with Crippen molar-refractivity contribution in [3.05, 3.63) is 59.7 Å². The van der Waals surface area contributed by atoms with Crippen LogP contribution in [-0.4, -0.2) is 20.9 Å². The van der Waals surface area contributed by atoms with Crippen molar-refractivity contribution in [2.24, 2.45) is 0 Å². The summed E-state index contributed by atoms with van der Waals surface area (Å²) in [6.45, 7) is 2.36. The summed E-state index contributed by atoms with van der Waals surface area (Å²) < 4.78 is 27.0. The Morgan fingerprint density at radius 1 is 1.16 bits per heavy atom. The van der Waals surface area contributed by atoms with Crippen molar-refractivity contribution in [2.75, 3.05) is 11.9 Å². The number of carbonyl (C=O) groups is 1. The standard InChI is InChI=1S/C18H19N3O3S/c1-2-3-11-20-25(23,24)17-6-4-5-16(12-17)21-18(22)15-9-7-14(13-19)8-10-15/h4-10,12,20H,2-3,11H2,1H3,(H,21,22). The Morgan fingerprint density at radius 2 is 1.88 bits per heavy atom. The number of unbranched alkanes of at least 4 members (excludes halogenated alkanes) is 1. The van der Waals surface area contributed by atoms with Crippen LogP contribution in [0, 0.1) is 11.3 Å². The van der Waals surface area contributed by atoms with Gasteiger partial charge in [-0.05, 0) is 48.9 Å². The molecule has 0 aromatic heterocycles. The SMILES string of the molecule is CCCCNS(=O)(=O)c1cccc(NC(=O)c2ccc(C#N)cc2)c1. The molecule has 2 aromatic rings. The largest absolute Gasteiger partial charge is 0.322 e. The average molecular weight is 357 g/mol. The summed E-state index contributed by atoms with van der Waals surface area (Å²) in [6.07, 6.45) is 1.65. The van der Waals surface area contributed by atoms with Gasteiger partial charge in [-0.25, -0.2) is 13.1 Å². The summed E-state index contributed by atoms with van der Waals surface area (Å²) in [6, 6.07) is 14.2. The van der Waals surface area contributed by atoms with Crippen LogP contribution in [0.4, 0.5) is 5.69 Å². The summed E-state index contributed by atoms with van der Waals surface area (Å²) in [5.41, 5.74) is 1.23. The lowest BCUT2D eigenvalue weighted by Gasteiger charge is -2.09. The maximum Gasteiger partial charge on any atom is 0.255 e. The number of rotatable bonds is 7. The Kier molecular flexibility index (Phi) is 6.28. The number of nitrogens with zero attached hydrogens (tertiary/aromatic N) is 1. The van der Waals surface area contributed by atoms with Crippen molar-refractivity contribution < 1.29 is 13.2 Å². The smallest absolute Gasteiger partial charge is 0.255 e. The lowest BCUT2D eigenvalue weighted by atomic mass is 10.1. The molecule has 2 N–H and O–H groups in total. The van der Waals surface area contributed by atoms with E-state index in [4.69, 9.17) is 5.26 Å². The summed E-state index contributed by atoms with van der Waals surface area (Å²) in [5, 5.41) is 11.4. The number of anilines is 1. The zero-order valence-corrected chi connectivity index (χ0v) is 14.6. The highest BCUT2D eigenvalue weighted by atomic mass is 32.2. The molecule has 2 aromatic carbocycles. The second-order valence-electron chi connectivity index (χ2n) is 5.42. The second-order valence-corrected chi connectivity index (χ2v) is 7.19. The highest BCUT2D eigenvalue weighted by Crippen LogP contribution is 2.16. The van der Waals surface area contributed by atoms with Gasteiger partial charge in [0.1, 0.15) is 0 Å². The summed E-state index contributed by atoms with van der Waals surface area (Å²) in [5.74, 6) is -0.377. The molecule has 0 aliphatic rings. The molecule has 0 unspecified atom stereocenters. The van der Waals surface area contributed by atoms with E-state index in [1.54, 1.807) is 36.4 Å². The number of nitriles is 1. The van der Waals surface area contributed by atoms with Crippen molar-refractivity contribution in [1.29, 1.82) is 5.26 Å². The minimum Gasteiger partial charge on any atom is -0.322 e. The molecule has 0 aliphatic heterocycles. The Morgan fingerprint density at radius 3 is 2.52 bits per heavy atom. The van der Waals surface area contributed by atoms with Gasteiger partial charge in [-0.2, -0.15) is 5.26 Å². The van der Waals surface area contributed by atoms with Crippen LogP contribution >= 0.6 is 0 Å². The minimum absolute atomic E-state index is 0.0984. The fraction of sp³-hybridized carbons (Fsp3) is 0.222. The number of hydrogen-bond acceptors (Lipinski definition) is 4. The predicted molar refractivity (Wildman–Crippen MR) is 95.6 cm³/mol. The van der Waals surface area contributed by atoms with Gasteiger partial charge in [-0.3, -0.25) is 4.79 Å². The topological polar surface area (TPSA) is 99.1 Å². The fourth-order valence-corrected chi connectivity index (χ4v) is 3.23. The number of nitrogens with one attached hydrogen (secondary N) is 2. The van der Waals surface area contributed by atoms with Crippen LogP contribution in [0.1, 0.15) is 35.7 Å². The molecule has 0 heterocycles. The third-order valence-corrected chi connectivity index (χ3v) is 4.96. The first-order valence-corrected chi connectivity index (χ1v) is 9.36. The molecule has 7 heteroatoms. The van der Waals surface area contributed by atoms with Gasteiger partial charge in [0, 0.05) is 17.8 Å². The number of amides is 1.